The summed E-state index contributed by atoms with van der Waals surface area (Å²) in [5.74, 6) is 1.74. The summed E-state index contributed by atoms with van der Waals surface area (Å²) in [6, 6.07) is 11.4. The first kappa shape index (κ1) is 22.1. The van der Waals surface area contributed by atoms with Crippen molar-refractivity contribution in [2.24, 2.45) is 0 Å². The highest BCUT2D eigenvalue weighted by Gasteiger charge is 2.27. The van der Waals surface area contributed by atoms with Crippen LogP contribution in [0.2, 0.25) is 0 Å². The predicted molar refractivity (Wildman–Crippen MR) is 119 cm³/mol. The molecule has 0 amide bonds. The fourth-order valence-electron chi connectivity index (χ4n) is 3.06. The van der Waals surface area contributed by atoms with Crippen LogP contribution in [0, 0.1) is 24.0 Å². The fraction of sp³-hybridized carbons (Fsp3) is 0.300. The lowest BCUT2D eigenvalue weighted by molar-refractivity contribution is -0.479. The van der Waals surface area contributed by atoms with Crippen LogP contribution in [0.3, 0.4) is 0 Å². The number of methoxy groups -OCH3 is 2. The van der Waals surface area contributed by atoms with Crippen LogP contribution in [0.5, 0.6) is 11.5 Å². The first-order valence-corrected chi connectivity index (χ1v) is 10.7. The van der Waals surface area contributed by atoms with Gasteiger partial charge in [-0.25, -0.2) is 0 Å². The van der Waals surface area contributed by atoms with Gasteiger partial charge in [0, 0.05) is 15.1 Å². The molecule has 2 aromatic carbocycles. The number of ether oxygens (including phenoxy) is 2. The first-order valence-electron chi connectivity index (χ1n) is 9.03. The van der Waals surface area contributed by atoms with Crippen molar-refractivity contribution in [2.45, 2.75) is 24.3 Å². The molecule has 0 fully saturated rings. The summed E-state index contributed by atoms with van der Waals surface area (Å²) in [5.41, 5.74) is 2.72. The topological polar surface area (TPSA) is 92.3 Å². The number of nitro groups is 1. The molecular formula is C20H21BrN4O4S. The van der Waals surface area contributed by atoms with Gasteiger partial charge in [-0.05, 0) is 49.2 Å². The van der Waals surface area contributed by atoms with Crippen LogP contribution in [-0.2, 0) is 0 Å². The van der Waals surface area contributed by atoms with Gasteiger partial charge >= 0.3 is 0 Å². The molecule has 30 heavy (non-hydrogen) atoms. The Morgan fingerprint density at radius 1 is 1.17 bits per heavy atom. The average molecular weight is 493 g/mol. The van der Waals surface area contributed by atoms with Crippen LogP contribution in [0.25, 0.3) is 5.69 Å². The van der Waals surface area contributed by atoms with E-state index in [1.165, 1.54) is 18.9 Å². The minimum Gasteiger partial charge on any atom is -0.493 e. The second-order valence-corrected chi connectivity index (χ2v) is 8.58. The standard InChI is InChI=1S/C20H21BrN4O4S/c1-12-6-5-7-14(8-12)25-13(2)22-23-20(25)30-19(11-24(26)27)15-9-17(28-3)18(29-4)10-16(15)21/h5-10,19H,11H2,1-4H3/t19-/m1/s1. The van der Waals surface area contributed by atoms with Crippen molar-refractivity contribution in [2.75, 3.05) is 20.8 Å². The zero-order valence-corrected chi connectivity index (χ0v) is 19.4. The van der Waals surface area contributed by atoms with Crippen molar-refractivity contribution in [1.29, 1.82) is 0 Å². The molecule has 0 aliphatic carbocycles. The van der Waals surface area contributed by atoms with Crippen LogP contribution in [0.1, 0.15) is 22.2 Å². The van der Waals surface area contributed by atoms with E-state index in [2.05, 4.69) is 26.1 Å². The van der Waals surface area contributed by atoms with E-state index in [1.807, 2.05) is 42.7 Å². The molecule has 1 atom stereocenters. The van der Waals surface area contributed by atoms with Crippen LogP contribution >= 0.6 is 27.7 Å². The molecule has 1 aromatic heterocycles. The molecule has 0 aliphatic rings. The monoisotopic (exact) mass is 492 g/mol. The van der Waals surface area contributed by atoms with Crippen LogP contribution in [-0.4, -0.2) is 40.5 Å². The van der Waals surface area contributed by atoms with Gasteiger partial charge in [-0.1, -0.05) is 39.8 Å². The number of hydrogen-bond acceptors (Lipinski definition) is 7. The summed E-state index contributed by atoms with van der Waals surface area (Å²) >= 11 is 4.81. The second-order valence-electron chi connectivity index (χ2n) is 6.55. The molecule has 8 nitrogen and oxygen atoms in total. The van der Waals surface area contributed by atoms with E-state index in [1.54, 1.807) is 19.2 Å². The summed E-state index contributed by atoms with van der Waals surface area (Å²) in [5, 5.41) is 20.0. The number of benzene rings is 2. The molecule has 10 heteroatoms. The molecule has 0 N–H and O–H groups in total. The lowest BCUT2D eigenvalue weighted by atomic mass is 10.1. The summed E-state index contributed by atoms with van der Waals surface area (Å²) in [4.78, 5) is 11.1. The highest BCUT2D eigenvalue weighted by molar-refractivity contribution is 9.10. The lowest BCUT2D eigenvalue weighted by Crippen LogP contribution is -2.12. The number of halogens is 1. The zero-order valence-electron chi connectivity index (χ0n) is 17.0. The van der Waals surface area contributed by atoms with Gasteiger partial charge in [0.25, 0.3) is 0 Å². The molecule has 0 radical (unpaired) electrons. The Morgan fingerprint density at radius 3 is 2.50 bits per heavy atom. The Balaban J connectivity index is 2.05. The van der Waals surface area contributed by atoms with Gasteiger partial charge in [-0.2, -0.15) is 0 Å². The summed E-state index contributed by atoms with van der Waals surface area (Å²) in [7, 11) is 3.07. The van der Waals surface area contributed by atoms with E-state index >= 15 is 0 Å². The number of hydrogen-bond donors (Lipinski definition) is 0. The molecule has 0 saturated heterocycles. The maximum Gasteiger partial charge on any atom is 0.220 e. The summed E-state index contributed by atoms with van der Waals surface area (Å²) in [6.45, 7) is 3.57. The number of nitrogens with zero attached hydrogens (tertiary/aromatic N) is 4. The van der Waals surface area contributed by atoms with Crippen molar-refractivity contribution in [1.82, 2.24) is 14.8 Å². The van der Waals surface area contributed by atoms with Crippen molar-refractivity contribution in [3.63, 3.8) is 0 Å². The number of aryl methyl sites for hydroxylation is 2. The van der Waals surface area contributed by atoms with Crippen molar-refractivity contribution >= 4 is 27.7 Å². The highest BCUT2D eigenvalue weighted by Crippen LogP contribution is 2.43. The van der Waals surface area contributed by atoms with Crippen LogP contribution in [0.15, 0.2) is 46.0 Å². The predicted octanol–water partition coefficient (Wildman–Crippen LogP) is 4.77. The molecule has 0 aliphatic heterocycles. The highest BCUT2D eigenvalue weighted by atomic mass is 79.9. The Hall–Kier alpha value is -2.59. The van der Waals surface area contributed by atoms with Gasteiger partial charge in [-0.3, -0.25) is 14.7 Å². The van der Waals surface area contributed by atoms with Crippen molar-refractivity contribution in [3.8, 4) is 17.2 Å². The van der Waals surface area contributed by atoms with Gasteiger partial charge in [0.15, 0.2) is 16.7 Å². The third kappa shape index (κ3) is 4.76. The SMILES string of the molecule is COc1cc(Br)c([C@@H](C[N+](=O)[O-])Sc2nnc(C)n2-c2cccc(C)c2)cc1OC. The lowest BCUT2D eigenvalue weighted by Gasteiger charge is -2.18. The fourth-order valence-corrected chi connectivity index (χ4v) is 5.02. The first-order chi connectivity index (χ1) is 14.3. The Kier molecular flexibility index (Phi) is 6.99. The van der Waals surface area contributed by atoms with Gasteiger partial charge in [0.2, 0.25) is 6.54 Å². The van der Waals surface area contributed by atoms with E-state index in [0.717, 1.165) is 11.3 Å². The molecule has 0 saturated carbocycles. The maximum atomic E-state index is 11.4. The van der Waals surface area contributed by atoms with Crippen molar-refractivity contribution in [3.05, 3.63) is 67.9 Å². The molecule has 1 heterocycles. The van der Waals surface area contributed by atoms with Gasteiger partial charge < -0.3 is 9.47 Å². The Labute approximate surface area is 186 Å². The Morgan fingerprint density at radius 2 is 1.87 bits per heavy atom. The van der Waals surface area contributed by atoms with Gasteiger partial charge in [0.1, 0.15) is 11.1 Å². The molecule has 0 unspecified atom stereocenters. The van der Waals surface area contributed by atoms with E-state index in [4.69, 9.17) is 9.47 Å². The third-order valence-electron chi connectivity index (χ3n) is 4.47. The van der Waals surface area contributed by atoms with Gasteiger partial charge in [-0.15, -0.1) is 10.2 Å². The average Bonchev–Trinajstić information content (AvgIpc) is 3.06. The largest absolute Gasteiger partial charge is 0.493 e. The minimum atomic E-state index is -0.527. The minimum absolute atomic E-state index is 0.293. The van der Waals surface area contributed by atoms with Crippen LogP contribution < -0.4 is 9.47 Å². The molecule has 3 aromatic rings. The van der Waals surface area contributed by atoms with Crippen molar-refractivity contribution < 1.29 is 14.4 Å². The number of thioether (sulfide) groups is 1. The number of rotatable bonds is 8. The summed E-state index contributed by atoms with van der Waals surface area (Å²) < 4.78 is 13.3. The second kappa shape index (κ2) is 9.48. The quantitative estimate of drug-likeness (QED) is 0.254. The molecule has 0 spiro atoms. The summed E-state index contributed by atoms with van der Waals surface area (Å²) in [6.07, 6.45) is 0. The smallest absolute Gasteiger partial charge is 0.220 e. The van der Waals surface area contributed by atoms with E-state index in [9.17, 15) is 10.1 Å². The molecule has 0 bridgehead atoms. The normalized spacial score (nSPS) is 11.9. The van der Waals surface area contributed by atoms with E-state index in [0.29, 0.717) is 32.5 Å². The van der Waals surface area contributed by atoms with Crippen LogP contribution in [0.4, 0.5) is 0 Å². The molecule has 158 valence electrons. The van der Waals surface area contributed by atoms with E-state index < -0.39 is 5.25 Å². The van der Waals surface area contributed by atoms with Gasteiger partial charge in [0.05, 0.1) is 14.2 Å². The van der Waals surface area contributed by atoms with E-state index in [-0.39, 0.29) is 11.5 Å². The third-order valence-corrected chi connectivity index (χ3v) is 6.32. The zero-order chi connectivity index (χ0) is 21.8. The Bertz CT molecular complexity index is 1070. The maximum absolute atomic E-state index is 11.4. The molecule has 3 rings (SSSR count). The number of aromatic nitrogens is 3. The molecular weight excluding hydrogens is 472 g/mol.